The van der Waals surface area contributed by atoms with Gasteiger partial charge in [-0.2, -0.15) is 5.10 Å². The van der Waals surface area contributed by atoms with Crippen molar-refractivity contribution in [3.63, 3.8) is 0 Å². The maximum atomic E-state index is 13.2. The lowest BCUT2D eigenvalue weighted by Crippen LogP contribution is -2.50. The molecule has 2 aliphatic heterocycles. The summed E-state index contributed by atoms with van der Waals surface area (Å²) < 4.78 is 13.2. The number of carbonyl (C=O) groups is 1. The van der Waals surface area contributed by atoms with Crippen molar-refractivity contribution in [2.75, 3.05) is 19.8 Å². The number of piperidine rings is 1. The number of hydrogen-bond donors (Lipinski definition) is 0. The Kier molecular flexibility index (Phi) is 5.65. The minimum Gasteiger partial charge on any atom is -0.348 e. The minimum atomic E-state index is -0.298. The summed E-state index contributed by atoms with van der Waals surface area (Å²) in [5, 5.41) is 4.63. The van der Waals surface area contributed by atoms with Gasteiger partial charge in [-0.25, -0.2) is 14.6 Å². The average Bonchev–Trinajstić information content (AvgIpc) is 3.31. The molecule has 29 heavy (non-hydrogen) atoms. The number of hydrogen-bond acceptors (Lipinski definition) is 6. The number of carbonyl (C=O) groups excluding carboxylic acids is 1. The number of aryl methyl sites for hydroxylation is 3. The monoisotopic (exact) mass is 399 g/mol. The minimum absolute atomic E-state index is 0.00263. The van der Waals surface area contributed by atoms with Crippen LogP contribution in [0.5, 0.6) is 0 Å². The highest BCUT2D eigenvalue weighted by atomic mass is 16.7. The maximum Gasteiger partial charge on any atom is 0.251 e. The van der Waals surface area contributed by atoms with E-state index in [1.807, 2.05) is 38.7 Å². The van der Waals surface area contributed by atoms with Crippen LogP contribution in [0.25, 0.3) is 5.95 Å². The van der Waals surface area contributed by atoms with Crippen molar-refractivity contribution in [1.29, 1.82) is 0 Å². The van der Waals surface area contributed by atoms with E-state index in [9.17, 15) is 4.79 Å². The molecule has 8 nitrogen and oxygen atoms in total. The molecule has 2 aromatic rings. The van der Waals surface area contributed by atoms with Gasteiger partial charge >= 0.3 is 0 Å². The Morgan fingerprint density at radius 2 is 1.79 bits per heavy atom. The largest absolute Gasteiger partial charge is 0.348 e. The van der Waals surface area contributed by atoms with Gasteiger partial charge < -0.3 is 14.4 Å². The highest BCUT2D eigenvalue weighted by Gasteiger charge is 2.36. The van der Waals surface area contributed by atoms with Crippen LogP contribution in [0.4, 0.5) is 0 Å². The smallest absolute Gasteiger partial charge is 0.251 e. The predicted molar refractivity (Wildman–Crippen MR) is 107 cm³/mol. The van der Waals surface area contributed by atoms with Crippen molar-refractivity contribution < 1.29 is 14.3 Å². The molecule has 0 saturated carbocycles. The second-order valence-corrected chi connectivity index (χ2v) is 7.95. The van der Waals surface area contributed by atoms with Crippen molar-refractivity contribution >= 4 is 5.91 Å². The van der Waals surface area contributed by atoms with Gasteiger partial charge in [-0.3, -0.25) is 4.79 Å². The third kappa shape index (κ3) is 4.04. The molecule has 0 aromatic carbocycles. The van der Waals surface area contributed by atoms with Gasteiger partial charge in [-0.05, 0) is 53.0 Å². The summed E-state index contributed by atoms with van der Waals surface area (Å²) in [5.41, 5.74) is 4.47. The topological polar surface area (TPSA) is 82.4 Å². The second kappa shape index (κ2) is 8.20. The lowest BCUT2D eigenvalue weighted by atomic mass is 10.00. The third-order valence-corrected chi connectivity index (χ3v) is 5.76. The Bertz CT molecular complexity index is 884. The normalized spacial score (nSPS) is 20.4. The number of ether oxygens (including phenoxy) is 2. The molecule has 0 radical (unpaired) electrons. The summed E-state index contributed by atoms with van der Waals surface area (Å²) in [4.78, 5) is 24.2. The van der Waals surface area contributed by atoms with Crippen LogP contribution in [-0.2, 0) is 20.7 Å². The van der Waals surface area contributed by atoms with Gasteiger partial charge in [0, 0.05) is 29.2 Å². The first-order valence-corrected chi connectivity index (χ1v) is 10.3. The Balaban J connectivity index is 1.57. The fourth-order valence-corrected chi connectivity index (χ4v) is 4.33. The van der Waals surface area contributed by atoms with E-state index in [1.165, 1.54) is 0 Å². The fraction of sp³-hybridized carbons (Fsp3) is 0.619. The molecule has 0 N–H and O–H groups in total. The van der Waals surface area contributed by atoms with E-state index in [2.05, 4.69) is 15.1 Å². The van der Waals surface area contributed by atoms with E-state index >= 15 is 0 Å². The van der Waals surface area contributed by atoms with Gasteiger partial charge in [0.15, 0.2) is 6.29 Å². The fourth-order valence-electron chi connectivity index (χ4n) is 4.33. The number of nitrogens with zero attached hydrogens (tertiary/aromatic N) is 5. The number of likely N-dealkylation sites (tertiary alicyclic amines) is 1. The molecule has 8 heteroatoms. The molecule has 4 heterocycles. The molecular formula is C21H29N5O3. The molecule has 2 aromatic heterocycles. The van der Waals surface area contributed by atoms with E-state index in [0.29, 0.717) is 25.6 Å². The van der Waals surface area contributed by atoms with Crippen LogP contribution >= 0.6 is 0 Å². The van der Waals surface area contributed by atoms with Crippen LogP contribution in [0, 0.1) is 27.7 Å². The molecule has 2 saturated heterocycles. The summed E-state index contributed by atoms with van der Waals surface area (Å²) in [6.07, 6.45) is 3.04. The molecule has 2 aliphatic rings. The molecule has 0 aliphatic carbocycles. The number of amides is 1. The van der Waals surface area contributed by atoms with E-state index in [-0.39, 0.29) is 18.2 Å². The van der Waals surface area contributed by atoms with Gasteiger partial charge in [0.1, 0.15) is 0 Å². The highest BCUT2D eigenvalue weighted by molar-refractivity contribution is 5.79. The predicted octanol–water partition coefficient (Wildman–Crippen LogP) is 2.19. The van der Waals surface area contributed by atoms with E-state index in [1.54, 1.807) is 4.68 Å². The van der Waals surface area contributed by atoms with Gasteiger partial charge in [0.2, 0.25) is 5.91 Å². The van der Waals surface area contributed by atoms with Gasteiger partial charge in [0.25, 0.3) is 5.95 Å². The van der Waals surface area contributed by atoms with Crippen molar-refractivity contribution in [2.24, 2.45) is 0 Å². The Morgan fingerprint density at radius 1 is 1.10 bits per heavy atom. The van der Waals surface area contributed by atoms with E-state index < -0.39 is 0 Å². The molecule has 1 amide bonds. The van der Waals surface area contributed by atoms with Crippen LogP contribution in [0.2, 0.25) is 0 Å². The van der Waals surface area contributed by atoms with E-state index in [4.69, 9.17) is 9.47 Å². The zero-order valence-corrected chi connectivity index (χ0v) is 17.6. The Hall–Kier alpha value is -2.32. The Morgan fingerprint density at radius 3 is 2.48 bits per heavy atom. The average molecular weight is 399 g/mol. The second-order valence-electron chi connectivity index (χ2n) is 7.95. The van der Waals surface area contributed by atoms with Crippen molar-refractivity contribution in [2.45, 2.75) is 65.7 Å². The zero-order valence-electron chi connectivity index (χ0n) is 17.6. The first-order chi connectivity index (χ1) is 13.9. The van der Waals surface area contributed by atoms with Crippen LogP contribution in [0.3, 0.4) is 0 Å². The van der Waals surface area contributed by atoms with Crippen molar-refractivity contribution in [3.05, 3.63) is 34.4 Å². The standard InChI is InChI=1S/C21H29N5O3/c1-13-11-14(2)23-21(22-13)26-16(4)17(15(3)24-26)12-19(27)25-8-6-5-7-18(25)20-28-9-10-29-20/h11,18,20H,5-10,12H2,1-4H3. The summed E-state index contributed by atoms with van der Waals surface area (Å²) >= 11 is 0. The SMILES string of the molecule is Cc1cc(C)nc(-n2nc(C)c(CC(=O)N3CCCCC3C3OCCO3)c2C)n1. The molecule has 0 bridgehead atoms. The van der Waals surface area contributed by atoms with Crippen molar-refractivity contribution in [1.82, 2.24) is 24.6 Å². The summed E-state index contributed by atoms with van der Waals surface area (Å²) in [5.74, 6) is 0.645. The first-order valence-electron chi connectivity index (χ1n) is 10.3. The van der Waals surface area contributed by atoms with Crippen LogP contribution in [0.15, 0.2) is 6.07 Å². The van der Waals surface area contributed by atoms with Gasteiger partial charge in [0.05, 0.1) is 31.4 Å². The van der Waals surface area contributed by atoms with Crippen LogP contribution in [0.1, 0.15) is 47.6 Å². The molecule has 0 spiro atoms. The molecule has 1 unspecified atom stereocenters. The lowest BCUT2D eigenvalue weighted by molar-refractivity contribution is -0.150. The molecular weight excluding hydrogens is 370 g/mol. The first kappa shape index (κ1) is 20.0. The molecule has 4 rings (SSSR count). The molecule has 156 valence electrons. The number of aromatic nitrogens is 4. The van der Waals surface area contributed by atoms with Gasteiger partial charge in [-0.15, -0.1) is 0 Å². The summed E-state index contributed by atoms with van der Waals surface area (Å²) in [6, 6.07) is 1.93. The highest BCUT2D eigenvalue weighted by Crippen LogP contribution is 2.26. The van der Waals surface area contributed by atoms with Crippen LogP contribution < -0.4 is 0 Å². The van der Waals surface area contributed by atoms with E-state index in [0.717, 1.165) is 54.1 Å². The number of rotatable bonds is 4. The quantitative estimate of drug-likeness (QED) is 0.784. The summed E-state index contributed by atoms with van der Waals surface area (Å²) in [7, 11) is 0. The Labute approximate surface area is 171 Å². The lowest BCUT2D eigenvalue weighted by Gasteiger charge is -2.38. The maximum absolute atomic E-state index is 13.2. The van der Waals surface area contributed by atoms with Gasteiger partial charge in [-0.1, -0.05) is 0 Å². The van der Waals surface area contributed by atoms with Crippen molar-refractivity contribution in [3.8, 4) is 5.95 Å². The zero-order chi connectivity index (χ0) is 20.5. The molecule has 2 fully saturated rings. The molecule has 1 atom stereocenters. The van der Waals surface area contributed by atoms with Crippen LogP contribution in [-0.4, -0.2) is 62.6 Å². The summed E-state index contributed by atoms with van der Waals surface area (Å²) in [6.45, 7) is 9.75. The third-order valence-electron chi connectivity index (χ3n) is 5.76.